The lowest BCUT2D eigenvalue weighted by molar-refractivity contribution is 0.103. The highest BCUT2D eigenvalue weighted by molar-refractivity contribution is 9.10. The van der Waals surface area contributed by atoms with Crippen LogP contribution in [-0.4, -0.2) is 25.0 Å². The molecule has 104 valence electrons. The number of ketones is 1. The van der Waals surface area contributed by atoms with Crippen molar-refractivity contribution in [1.82, 2.24) is 4.98 Å². The topological polar surface area (TPSA) is 48.4 Å². The van der Waals surface area contributed by atoms with Gasteiger partial charge in [-0.2, -0.15) is 0 Å². The van der Waals surface area contributed by atoms with E-state index in [-0.39, 0.29) is 5.78 Å². The average Bonchev–Trinajstić information content (AvgIpc) is 2.46. The number of ether oxygens (including phenoxy) is 2. The smallest absolute Gasteiger partial charge is 0.195 e. The molecule has 0 aliphatic carbocycles. The van der Waals surface area contributed by atoms with E-state index >= 15 is 0 Å². The number of rotatable bonds is 4. The molecule has 5 heteroatoms. The van der Waals surface area contributed by atoms with Gasteiger partial charge in [0.15, 0.2) is 17.3 Å². The Morgan fingerprint density at radius 1 is 1.10 bits per heavy atom. The Morgan fingerprint density at radius 3 is 2.35 bits per heavy atom. The van der Waals surface area contributed by atoms with E-state index in [1.54, 1.807) is 44.8 Å². The number of carbonyl (C=O) groups excluding carboxylic acids is 1. The zero-order valence-corrected chi connectivity index (χ0v) is 13.0. The zero-order valence-electron chi connectivity index (χ0n) is 11.4. The van der Waals surface area contributed by atoms with E-state index in [9.17, 15) is 4.79 Å². The first kappa shape index (κ1) is 14.5. The second-order valence-corrected chi connectivity index (χ2v) is 5.16. The Kier molecular flexibility index (Phi) is 4.39. The molecule has 0 fully saturated rings. The second kappa shape index (κ2) is 6.05. The van der Waals surface area contributed by atoms with Crippen LogP contribution in [0.4, 0.5) is 0 Å². The number of nitrogens with zero attached hydrogens (tertiary/aromatic N) is 1. The molecule has 1 heterocycles. The number of pyridine rings is 1. The number of methoxy groups -OCH3 is 2. The number of aromatic nitrogens is 1. The van der Waals surface area contributed by atoms with Crippen molar-refractivity contribution in [3.8, 4) is 11.5 Å². The minimum absolute atomic E-state index is 0.0998. The first-order chi connectivity index (χ1) is 9.56. The van der Waals surface area contributed by atoms with Gasteiger partial charge < -0.3 is 9.47 Å². The van der Waals surface area contributed by atoms with E-state index < -0.39 is 0 Å². The van der Waals surface area contributed by atoms with Gasteiger partial charge in [-0.05, 0) is 46.6 Å². The van der Waals surface area contributed by atoms with E-state index in [0.29, 0.717) is 22.6 Å². The number of carbonyl (C=O) groups is 1. The van der Waals surface area contributed by atoms with Crippen molar-refractivity contribution >= 4 is 21.7 Å². The lowest BCUT2D eigenvalue weighted by Gasteiger charge is -2.12. The molecular weight excluding hydrogens is 322 g/mol. The summed E-state index contributed by atoms with van der Waals surface area (Å²) >= 11 is 3.31. The largest absolute Gasteiger partial charge is 0.493 e. The minimum Gasteiger partial charge on any atom is -0.493 e. The van der Waals surface area contributed by atoms with Gasteiger partial charge in [-0.3, -0.25) is 9.78 Å². The fourth-order valence-corrected chi connectivity index (χ4v) is 2.28. The Balaban J connectivity index is 2.49. The molecule has 0 unspecified atom stereocenters. The van der Waals surface area contributed by atoms with Crippen molar-refractivity contribution in [3.63, 3.8) is 0 Å². The van der Waals surface area contributed by atoms with Crippen LogP contribution in [0, 0.1) is 6.92 Å². The van der Waals surface area contributed by atoms with Crippen molar-refractivity contribution in [3.05, 3.63) is 51.8 Å². The minimum atomic E-state index is -0.0998. The molecule has 0 aliphatic rings. The molecule has 2 aromatic rings. The first-order valence-electron chi connectivity index (χ1n) is 5.94. The molecule has 0 atom stereocenters. The fourth-order valence-electron chi connectivity index (χ4n) is 1.92. The average molecular weight is 336 g/mol. The van der Waals surface area contributed by atoms with E-state index in [4.69, 9.17) is 9.47 Å². The summed E-state index contributed by atoms with van der Waals surface area (Å²) in [5.74, 6) is 1.04. The van der Waals surface area contributed by atoms with Crippen LogP contribution >= 0.6 is 15.9 Å². The summed E-state index contributed by atoms with van der Waals surface area (Å²) in [6.07, 6.45) is 3.18. The van der Waals surface area contributed by atoms with Crippen molar-refractivity contribution in [2.24, 2.45) is 0 Å². The highest BCUT2D eigenvalue weighted by Gasteiger charge is 2.16. The van der Waals surface area contributed by atoms with Crippen LogP contribution in [0.1, 0.15) is 21.5 Å². The lowest BCUT2D eigenvalue weighted by Crippen LogP contribution is -2.05. The molecule has 1 aromatic carbocycles. The van der Waals surface area contributed by atoms with Gasteiger partial charge >= 0.3 is 0 Å². The molecule has 0 saturated carbocycles. The van der Waals surface area contributed by atoms with Gasteiger partial charge in [0.2, 0.25) is 0 Å². The van der Waals surface area contributed by atoms with Gasteiger partial charge in [-0.15, -0.1) is 0 Å². The quantitative estimate of drug-likeness (QED) is 0.803. The Morgan fingerprint density at radius 2 is 1.75 bits per heavy atom. The summed E-state index contributed by atoms with van der Waals surface area (Å²) in [5.41, 5.74) is 1.92. The maximum absolute atomic E-state index is 12.5. The molecule has 0 bridgehead atoms. The molecule has 20 heavy (non-hydrogen) atoms. The second-order valence-electron chi connectivity index (χ2n) is 4.24. The highest BCUT2D eigenvalue weighted by atomic mass is 79.9. The molecule has 1 aromatic heterocycles. The third kappa shape index (κ3) is 2.82. The Hall–Kier alpha value is -1.88. The maximum Gasteiger partial charge on any atom is 0.195 e. The van der Waals surface area contributed by atoms with E-state index in [1.165, 1.54) is 0 Å². The predicted molar refractivity (Wildman–Crippen MR) is 79.7 cm³/mol. The zero-order chi connectivity index (χ0) is 14.7. The number of halogens is 1. The molecule has 0 amide bonds. The molecule has 0 aliphatic heterocycles. The van der Waals surface area contributed by atoms with Crippen LogP contribution < -0.4 is 9.47 Å². The third-order valence-electron chi connectivity index (χ3n) is 2.94. The molecule has 0 saturated heterocycles. The van der Waals surface area contributed by atoms with E-state index in [2.05, 4.69) is 20.9 Å². The normalized spacial score (nSPS) is 10.2. The number of hydrogen-bond acceptors (Lipinski definition) is 4. The van der Waals surface area contributed by atoms with Crippen LogP contribution in [0.3, 0.4) is 0 Å². The molecule has 2 rings (SSSR count). The summed E-state index contributed by atoms with van der Waals surface area (Å²) in [6.45, 7) is 1.86. The van der Waals surface area contributed by atoms with Crippen LogP contribution in [0.5, 0.6) is 11.5 Å². The molecular formula is C15H14BrNO3. The van der Waals surface area contributed by atoms with Crippen molar-refractivity contribution in [1.29, 1.82) is 0 Å². The van der Waals surface area contributed by atoms with Crippen LogP contribution in [-0.2, 0) is 0 Å². The Bertz CT molecular complexity index is 656. The van der Waals surface area contributed by atoms with Crippen molar-refractivity contribution < 1.29 is 14.3 Å². The Labute approximate surface area is 125 Å². The monoisotopic (exact) mass is 335 g/mol. The lowest BCUT2D eigenvalue weighted by atomic mass is 9.99. The predicted octanol–water partition coefficient (Wildman–Crippen LogP) is 3.40. The maximum atomic E-state index is 12.5. The van der Waals surface area contributed by atoms with Gasteiger partial charge in [0.05, 0.1) is 14.2 Å². The van der Waals surface area contributed by atoms with E-state index in [1.807, 2.05) is 6.92 Å². The molecule has 0 N–H and O–H groups in total. The fraction of sp³-hybridized carbons (Fsp3) is 0.200. The number of aryl methyl sites for hydroxylation is 1. The first-order valence-corrected chi connectivity index (χ1v) is 6.74. The van der Waals surface area contributed by atoms with Gasteiger partial charge in [0.1, 0.15) is 0 Å². The van der Waals surface area contributed by atoms with Gasteiger partial charge in [-0.1, -0.05) is 0 Å². The SMILES string of the molecule is COc1cc(C)c(C(=O)c2cncc(Br)c2)cc1OC. The molecule has 4 nitrogen and oxygen atoms in total. The highest BCUT2D eigenvalue weighted by Crippen LogP contribution is 2.31. The van der Waals surface area contributed by atoms with Crippen molar-refractivity contribution in [2.75, 3.05) is 14.2 Å². The van der Waals surface area contributed by atoms with Crippen molar-refractivity contribution in [2.45, 2.75) is 6.92 Å². The van der Waals surface area contributed by atoms with Crippen LogP contribution in [0.15, 0.2) is 35.1 Å². The summed E-state index contributed by atoms with van der Waals surface area (Å²) in [5, 5.41) is 0. The van der Waals surface area contributed by atoms with E-state index in [0.717, 1.165) is 10.0 Å². The third-order valence-corrected chi connectivity index (χ3v) is 3.38. The number of hydrogen-bond donors (Lipinski definition) is 0. The molecule has 0 spiro atoms. The van der Waals surface area contributed by atoms with Gasteiger partial charge in [0.25, 0.3) is 0 Å². The number of benzene rings is 1. The van der Waals surface area contributed by atoms with Crippen LogP contribution in [0.25, 0.3) is 0 Å². The summed E-state index contributed by atoms with van der Waals surface area (Å²) in [7, 11) is 3.11. The van der Waals surface area contributed by atoms with Crippen LogP contribution in [0.2, 0.25) is 0 Å². The van der Waals surface area contributed by atoms with Gasteiger partial charge in [0, 0.05) is 28.0 Å². The molecule has 0 radical (unpaired) electrons. The van der Waals surface area contributed by atoms with Gasteiger partial charge in [-0.25, -0.2) is 0 Å². The summed E-state index contributed by atoms with van der Waals surface area (Å²) in [4.78, 5) is 16.5. The summed E-state index contributed by atoms with van der Waals surface area (Å²) in [6, 6.07) is 5.22. The standard InChI is InChI=1S/C15H14BrNO3/c1-9-4-13(19-2)14(20-3)6-12(9)15(18)10-5-11(16)8-17-7-10/h4-8H,1-3H3. The summed E-state index contributed by atoms with van der Waals surface area (Å²) < 4.78 is 11.2.